The molecule has 0 atom stereocenters. The van der Waals surface area contributed by atoms with E-state index in [0.717, 1.165) is 0 Å². The van der Waals surface area contributed by atoms with Crippen LogP contribution in [0.3, 0.4) is 0 Å². The Morgan fingerprint density at radius 3 is 2.09 bits per heavy atom. The van der Waals surface area contributed by atoms with Gasteiger partial charge in [0.1, 0.15) is 0 Å². The minimum Gasteiger partial charge on any atom is -0.455 e. The highest BCUT2D eigenvalue weighted by Gasteiger charge is 2.73. The summed E-state index contributed by atoms with van der Waals surface area (Å²) in [4.78, 5) is 11.6. The van der Waals surface area contributed by atoms with Gasteiger partial charge in [-0.05, 0) is 18.1 Å². The van der Waals surface area contributed by atoms with Crippen molar-refractivity contribution in [3.63, 3.8) is 0 Å². The van der Waals surface area contributed by atoms with Gasteiger partial charge in [-0.3, -0.25) is 0 Å². The molecule has 0 unspecified atom stereocenters. The smallest absolute Gasteiger partial charge is 0.455 e. The molecule has 0 radical (unpaired) electrons. The van der Waals surface area contributed by atoms with Crippen molar-refractivity contribution >= 4 is 5.97 Å². The largest absolute Gasteiger partial charge is 0.460 e. The van der Waals surface area contributed by atoms with Gasteiger partial charge in [-0.1, -0.05) is 25.1 Å². The molecule has 0 saturated heterocycles. The second-order valence-electron chi connectivity index (χ2n) is 4.36. The predicted octanol–water partition coefficient (Wildman–Crippen LogP) is 4.24. The van der Waals surface area contributed by atoms with Crippen LogP contribution in [0.2, 0.25) is 0 Å². The van der Waals surface area contributed by atoms with Gasteiger partial charge in [-0.25, -0.2) is 4.79 Å². The van der Waals surface area contributed by atoms with Crippen LogP contribution in [0.5, 0.6) is 0 Å². The minimum atomic E-state index is -6.45. The summed E-state index contributed by atoms with van der Waals surface area (Å²) >= 11 is 0. The third-order valence-corrected chi connectivity index (χ3v) is 2.82. The molecule has 0 heterocycles. The molecule has 0 aliphatic rings. The molecule has 0 N–H and O–H groups in total. The number of alkyl halides is 7. The predicted molar refractivity (Wildman–Crippen MR) is 62.1 cm³/mol. The lowest BCUT2D eigenvalue weighted by atomic mass is 10.1. The number of carbonyl (C=O) groups excluding carboxylic acids is 1. The van der Waals surface area contributed by atoms with E-state index >= 15 is 0 Å². The molecule has 0 aliphatic heterocycles. The molecule has 0 aliphatic carbocycles. The summed E-state index contributed by atoms with van der Waals surface area (Å²) in [5, 5.41) is 0. The van der Waals surface area contributed by atoms with Gasteiger partial charge in [0.15, 0.2) is 6.61 Å². The van der Waals surface area contributed by atoms with Crippen molar-refractivity contribution < 1.29 is 40.3 Å². The van der Waals surface area contributed by atoms with E-state index in [0.29, 0.717) is 12.0 Å². The monoisotopic (exact) mass is 332 g/mol. The van der Waals surface area contributed by atoms with Crippen LogP contribution < -0.4 is 0 Å². The second kappa shape index (κ2) is 6.13. The number of rotatable bonds is 5. The number of ether oxygens (including phenoxy) is 1. The maximum absolute atomic E-state index is 13.0. The summed E-state index contributed by atoms with van der Waals surface area (Å²) in [5.41, 5.74) is 0.217. The van der Waals surface area contributed by atoms with E-state index < -0.39 is 30.6 Å². The molecule has 0 aromatic heterocycles. The molecule has 1 aromatic rings. The van der Waals surface area contributed by atoms with E-state index in [1.807, 2.05) is 0 Å². The third-order valence-electron chi connectivity index (χ3n) is 2.82. The molecule has 1 aromatic carbocycles. The lowest BCUT2D eigenvalue weighted by Crippen LogP contribution is -2.54. The zero-order valence-corrected chi connectivity index (χ0v) is 11.2. The Bertz CT molecular complexity index is 537. The summed E-state index contributed by atoms with van der Waals surface area (Å²) in [6, 6.07) is 5.58. The zero-order chi connectivity index (χ0) is 17.2. The highest BCUT2D eigenvalue weighted by molar-refractivity contribution is 5.91. The fourth-order valence-corrected chi connectivity index (χ4v) is 1.56. The highest BCUT2D eigenvalue weighted by atomic mass is 19.4. The van der Waals surface area contributed by atoms with E-state index in [1.165, 1.54) is 18.2 Å². The molecule has 0 fully saturated rings. The molecule has 0 saturated carbocycles. The van der Waals surface area contributed by atoms with Gasteiger partial charge in [0.25, 0.3) is 0 Å². The molecule has 22 heavy (non-hydrogen) atoms. The first-order chi connectivity index (χ1) is 9.94. The maximum Gasteiger partial charge on any atom is 0.460 e. The van der Waals surface area contributed by atoms with Crippen molar-refractivity contribution in [3.05, 3.63) is 35.4 Å². The molecule has 0 spiro atoms. The fraction of sp³-hybridized carbons (Fsp3) is 0.462. The highest BCUT2D eigenvalue weighted by Crippen LogP contribution is 2.46. The van der Waals surface area contributed by atoms with Gasteiger partial charge >= 0.3 is 24.0 Å². The van der Waals surface area contributed by atoms with Crippen LogP contribution in [0.25, 0.3) is 0 Å². The van der Waals surface area contributed by atoms with Gasteiger partial charge in [0.05, 0.1) is 5.56 Å². The Labute approximate surface area is 120 Å². The second-order valence-corrected chi connectivity index (χ2v) is 4.36. The van der Waals surface area contributed by atoms with Gasteiger partial charge in [0, 0.05) is 0 Å². The summed E-state index contributed by atoms with van der Waals surface area (Å²) in [6.07, 6.45) is -6.13. The topological polar surface area (TPSA) is 26.3 Å². The molecule has 9 heteroatoms. The number of carbonyl (C=O) groups is 1. The maximum atomic E-state index is 13.0. The molecule has 0 amide bonds. The first kappa shape index (κ1) is 18.2. The molecule has 124 valence electrons. The van der Waals surface area contributed by atoms with Crippen molar-refractivity contribution in [2.45, 2.75) is 31.4 Å². The summed E-state index contributed by atoms with van der Waals surface area (Å²) in [5.74, 6) is -13.3. The van der Waals surface area contributed by atoms with Crippen molar-refractivity contribution in [2.75, 3.05) is 6.61 Å². The van der Waals surface area contributed by atoms with Crippen LogP contribution in [0, 0.1) is 0 Å². The van der Waals surface area contributed by atoms with Crippen molar-refractivity contribution in [1.29, 1.82) is 0 Å². The average Bonchev–Trinajstić information content (AvgIpc) is 2.43. The number of halogens is 7. The van der Waals surface area contributed by atoms with Crippen molar-refractivity contribution in [1.82, 2.24) is 0 Å². The van der Waals surface area contributed by atoms with Crippen LogP contribution in [0.15, 0.2) is 24.3 Å². The van der Waals surface area contributed by atoms with Crippen LogP contribution in [-0.2, 0) is 11.2 Å². The number of hydrogen-bond acceptors (Lipinski definition) is 2. The van der Waals surface area contributed by atoms with E-state index in [1.54, 1.807) is 13.0 Å². The van der Waals surface area contributed by atoms with Crippen LogP contribution in [0.1, 0.15) is 22.8 Å². The van der Waals surface area contributed by atoms with Gasteiger partial charge in [-0.15, -0.1) is 0 Å². The van der Waals surface area contributed by atoms with E-state index in [9.17, 15) is 35.5 Å². The Morgan fingerprint density at radius 2 is 1.59 bits per heavy atom. The molecule has 2 nitrogen and oxygen atoms in total. The first-order valence-corrected chi connectivity index (χ1v) is 6.01. The SMILES string of the molecule is CCc1ccccc1C(=O)OCC(F)(F)C(F)(F)C(F)(F)F. The van der Waals surface area contributed by atoms with Gasteiger partial charge < -0.3 is 4.74 Å². The van der Waals surface area contributed by atoms with E-state index in [2.05, 4.69) is 4.74 Å². The Balaban J connectivity index is 2.87. The van der Waals surface area contributed by atoms with Gasteiger partial charge in [-0.2, -0.15) is 30.7 Å². The number of aryl methyl sites for hydroxylation is 1. The van der Waals surface area contributed by atoms with Crippen LogP contribution in [0.4, 0.5) is 30.7 Å². The Hall–Kier alpha value is -1.80. The van der Waals surface area contributed by atoms with Crippen molar-refractivity contribution in [3.8, 4) is 0 Å². The zero-order valence-electron chi connectivity index (χ0n) is 11.2. The lowest BCUT2D eigenvalue weighted by molar-refractivity contribution is -0.359. The summed E-state index contributed by atoms with van der Waals surface area (Å²) in [6.45, 7) is -0.741. The first-order valence-electron chi connectivity index (χ1n) is 6.01. The quantitative estimate of drug-likeness (QED) is 0.595. The fourth-order valence-electron chi connectivity index (χ4n) is 1.56. The number of esters is 1. The van der Waals surface area contributed by atoms with Gasteiger partial charge in [0.2, 0.25) is 0 Å². The summed E-state index contributed by atoms with van der Waals surface area (Å²) in [7, 11) is 0. The summed E-state index contributed by atoms with van der Waals surface area (Å²) < 4.78 is 91.0. The van der Waals surface area contributed by atoms with Crippen LogP contribution in [-0.4, -0.2) is 30.6 Å². The minimum absolute atomic E-state index is 0.170. The third kappa shape index (κ3) is 3.50. The Kier molecular flexibility index (Phi) is 5.09. The average molecular weight is 332 g/mol. The standard InChI is InChI=1S/C13H11F7O2/c1-2-8-5-3-4-6-9(8)10(21)22-7-11(14,15)12(16,17)13(18,19)20/h3-6H,2,7H2,1H3. The molecular weight excluding hydrogens is 321 g/mol. The normalized spacial score (nSPS) is 13.1. The molecule has 1 rings (SSSR count). The van der Waals surface area contributed by atoms with Crippen LogP contribution >= 0.6 is 0 Å². The van der Waals surface area contributed by atoms with Crippen molar-refractivity contribution in [2.24, 2.45) is 0 Å². The lowest BCUT2D eigenvalue weighted by Gasteiger charge is -2.27. The number of benzene rings is 1. The van der Waals surface area contributed by atoms with E-state index in [4.69, 9.17) is 0 Å². The molecule has 0 bridgehead atoms. The number of hydrogen-bond donors (Lipinski definition) is 0. The Morgan fingerprint density at radius 1 is 1.05 bits per heavy atom. The van der Waals surface area contributed by atoms with E-state index in [-0.39, 0.29) is 5.56 Å². The molecular formula is C13H11F7O2.